The van der Waals surface area contributed by atoms with Crippen molar-refractivity contribution in [1.29, 1.82) is 0 Å². The molecule has 134 valence electrons. The van der Waals surface area contributed by atoms with Crippen molar-refractivity contribution in [2.24, 2.45) is 0 Å². The fourth-order valence-electron chi connectivity index (χ4n) is 3.27. The Bertz CT molecular complexity index is 718. The van der Waals surface area contributed by atoms with Crippen LogP contribution in [0, 0.1) is 6.92 Å². The van der Waals surface area contributed by atoms with Crippen LogP contribution >= 0.6 is 0 Å². The number of nitrogens with one attached hydrogen (secondary N) is 1. The first-order valence-electron chi connectivity index (χ1n) is 8.67. The third kappa shape index (κ3) is 4.67. The summed E-state index contributed by atoms with van der Waals surface area (Å²) in [7, 11) is 0. The fraction of sp³-hybridized carbons (Fsp3) is 0.474. The number of aryl methyl sites for hydroxylation is 1. The lowest BCUT2D eigenvalue weighted by Gasteiger charge is -2.35. The van der Waals surface area contributed by atoms with E-state index in [1.54, 1.807) is 13.0 Å². The Morgan fingerprint density at radius 2 is 1.92 bits per heavy atom. The van der Waals surface area contributed by atoms with Crippen molar-refractivity contribution in [3.8, 4) is 0 Å². The van der Waals surface area contributed by atoms with Gasteiger partial charge in [-0.1, -0.05) is 29.4 Å². The van der Waals surface area contributed by atoms with Gasteiger partial charge in [0.05, 0.1) is 17.9 Å². The van der Waals surface area contributed by atoms with Crippen LogP contribution in [-0.4, -0.2) is 41.3 Å². The maximum absolute atomic E-state index is 12.1. The SMILES string of the molecule is Cc1cc(C(=O)NCc2ccccc2CN2CC(C)OC(C)C2)on1. The average molecular weight is 343 g/mol. The van der Waals surface area contributed by atoms with Gasteiger partial charge in [-0.15, -0.1) is 0 Å². The summed E-state index contributed by atoms with van der Waals surface area (Å²) in [5, 5.41) is 6.66. The minimum Gasteiger partial charge on any atom is -0.373 e. The highest BCUT2D eigenvalue weighted by molar-refractivity contribution is 5.91. The fourth-order valence-corrected chi connectivity index (χ4v) is 3.27. The lowest BCUT2D eigenvalue weighted by molar-refractivity contribution is -0.0705. The molecule has 1 aromatic carbocycles. The number of hydrogen-bond donors (Lipinski definition) is 1. The summed E-state index contributed by atoms with van der Waals surface area (Å²) in [5.41, 5.74) is 3.03. The minimum atomic E-state index is -0.246. The van der Waals surface area contributed by atoms with E-state index in [1.807, 2.05) is 12.1 Å². The predicted molar refractivity (Wildman–Crippen MR) is 94.1 cm³/mol. The standard InChI is InChI=1S/C19H25N3O3/c1-13-8-18(25-21-13)19(23)20-9-16-6-4-5-7-17(16)12-22-10-14(2)24-15(3)11-22/h4-8,14-15H,9-12H2,1-3H3,(H,20,23). The zero-order valence-corrected chi connectivity index (χ0v) is 15.0. The molecule has 1 aromatic heterocycles. The number of morpholine rings is 1. The van der Waals surface area contributed by atoms with E-state index in [1.165, 1.54) is 5.56 Å². The van der Waals surface area contributed by atoms with Gasteiger partial charge in [0.25, 0.3) is 5.91 Å². The van der Waals surface area contributed by atoms with Gasteiger partial charge in [0.1, 0.15) is 0 Å². The first-order chi connectivity index (χ1) is 12.0. The number of rotatable bonds is 5. The molecule has 6 nitrogen and oxygen atoms in total. The molecular weight excluding hydrogens is 318 g/mol. The molecule has 1 amide bonds. The van der Waals surface area contributed by atoms with Gasteiger partial charge >= 0.3 is 0 Å². The number of benzene rings is 1. The summed E-state index contributed by atoms with van der Waals surface area (Å²) in [4.78, 5) is 14.5. The monoisotopic (exact) mass is 343 g/mol. The second kappa shape index (κ2) is 7.80. The number of carbonyl (C=O) groups is 1. The van der Waals surface area contributed by atoms with Crippen LogP contribution in [0.2, 0.25) is 0 Å². The molecule has 1 aliphatic heterocycles. The molecule has 3 rings (SSSR count). The predicted octanol–water partition coefficient (Wildman–Crippen LogP) is 2.52. The topological polar surface area (TPSA) is 67.6 Å². The molecule has 25 heavy (non-hydrogen) atoms. The van der Waals surface area contributed by atoms with Crippen LogP contribution < -0.4 is 5.32 Å². The molecule has 6 heteroatoms. The lowest BCUT2D eigenvalue weighted by Crippen LogP contribution is -2.45. The summed E-state index contributed by atoms with van der Waals surface area (Å²) in [5.74, 6) is -0.00479. The van der Waals surface area contributed by atoms with Crippen molar-refractivity contribution in [2.75, 3.05) is 13.1 Å². The highest BCUT2D eigenvalue weighted by Gasteiger charge is 2.22. The number of hydrogen-bond acceptors (Lipinski definition) is 5. The van der Waals surface area contributed by atoms with Crippen LogP contribution in [0.3, 0.4) is 0 Å². The Hall–Kier alpha value is -2.18. The smallest absolute Gasteiger partial charge is 0.290 e. The third-order valence-electron chi connectivity index (χ3n) is 4.30. The summed E-state index contributed by atoms with van der Waals surface area (Å²) >= 11 is 0. The Morgan fingerprint density at radius 1 is 1.24 bits per heavy atom. The van der Waals surface area contributed by atoms with Gasteiger partial charge < -0.3 is 14.6 Å². The third-order valence-corrected chi connectivity index (χ3v) is 4.30. The Labute approximate surface area is 148 Å². The number of nitrogens with zero attached hydrogens (tertiary/aromatic N) is 2. The summed E-state index contributed by atoms with van der Waals surface area (Å²) in [6.45, 7) is 9.16. The largest absolute Gasteiger partial charge is 0.373 e. The molecule has 1 fully saturated rings. The van der Waals surface area contributed by atoms with Crippen molar-refractivity contribution >= 4 is 5.91 Å². The Morgan fingerprint density at radius 3 is 2.56 bits per heavy atom. The van der Waals surface area contributed by atoms with E-state index in [-0.39, 0.29) is 23.9 Å². The number of aromatic nitrogens is 1. The van der Waals surface area contributed by atoms with Crippen LogP contribution in [0.5, 0.6) is 0 Å². The molecule has 1 N–H and O–H groups in total. The van der Waals surface area contributed by atoms with E-state index in [9.17, 15) is 4.79 Å². The number of carbonyl (C=O) groups excluding carboxylic acids is 1. The Balaban J connectivity index is 1.63. The van der Waals surface area contributed by atoms with Crippen molar-refractivity contribution in [3.63, 3.8) is 0 Å². The first-order valence-corrected chi connectivity index (χ1v) is 8.67. The average Bonchev–Trinajstić information content (AvgIpc) is 2.99. The molecule has 2 unspecified atom stereocenters. The van der Waals surface area contributed by atoms with Crippen molar-refractivity contribution in [2.45, 2.75) is 46.1 Å². The maximum Gasteiger partial charge on any atom is 0.290 e. The molecule has 0 aliphatic carbocycles. The van der Waals surface area contributed by atoms with Gasteiger partial charge in [-0.2, -0.15) is 0 Å². The molecule has 0 spiro atoms. The van der Waals surface area contributed by atoms with Gasteiger partial charge in [0.15, 0.2) is 0 Å². The van der Waals surface area contributed by atoms with Crippen molar-refractivity contribution < 1.29 is 14.1 Å². The quantitative estimate of drug-likeness (QED) is 0.903. The zero-order valence-electron chi connectivity index (χ0n) is 15.0. The van der Waals surface area contributed by atoms with Crippen LogP contribution in [-0.2, 0) is 17.8 Å². The van der Waals surface area contributed by atoms with E-state index in [2.05, 4.69) is 41.4 Å². The molecule has 2 atom stereocenters. The van der Waals surface area contributed by atoms with E-state index in [4.69, 9.17) is 9.26 Å². The molecule has 2 heterocycles. The zero-order chi connectivity index (χ0) is 17.8. The molecule has 0 saturated carbocycles. The van der Waals surface area contributed by atoms with Crippen molar-refractivity contribution in [1.82, 2.24) is 15.4 Å². The highest BCUT2D eigenvalue weighted by atomic mass is 16.5. The van der Waals surface area contributed by atoms with Gasteiger partial charge in [0, 0.05) is 32.2 Å². The normalized spacial score (nSPS) is 21.2. The Kier molecular flexibility index (Phi) is 5.50. The molecule has 2 aromatic rings. The highest BCUT2D eigenvalue weighted by Crippen LogP contribution is 2.17. The second-order valence-electron chi connectivity index (χ2n) is 6.74. The lowest BCUT2D eigenvalue weighted by atomic mass is 10.1. The van der Waals surface area contributed by atoms with Gasteiger partial charge in [-0.3, -0.25) is 9.69 Å². The van der Waals surface area contributed by atoms with E-state index >= 15 is 0 Å². The van der Waals surface area contributed by atoms with Crippen LogP contribution in [0.15, 0.2) is 34.9 Å². The number of ether oxygens (including phenoxy) is 1. The minimum absolute atomic E-state index is 0.241. The van der Waals surface area contributed by atoms with E-state index < -0.39 is 0 Å². The second-order valence-corrected chi connectivity index (χ2v) is 6.74. The molecule has 1 aliphatic rings. The summed E-state index contributed by atoms with van der Waals surface area (Å²) < 4.78 is 10.8. The number of amides is 1. The molecule has 1 saturated heterocycles. The summed E-state index contributed by atoms with van der Waals surface area (Å²) in [6.07, 6.45) is 0.482. The van der Waals surface area contributed by atoms with Crippen LogP contribution in [0.1, 0.15) is 41.2 Å². The first kappa shape index (κ1) is 17.6. The molecule has 0 bridgehead atoms. The maximum atomic E-state index is 12.1. The van der Waals surface area contributed by atoms with E-state index in [0.29, 0.717) is 12.2 Å². The van der Waals surface area contributed by atoms with Gasteiger partial charge in [-0.05, 0) is 31.9 Å². The van der Waals surface area contributed by atoms with Crippen LogP contribution in [0.4, 0.5) is 0 Å². The summed E-state index contributed by atoms with van der Waals surface area (Å²) in [6, 6.07) is 9.83. The van der Waals surface area contributed by atoms with Gasteiger partial charge in [-0.25, -0.2) is 0 Å². The van der Waals surface area contributed by atoms with E-state index in [0.717, 1.165) is 25.2 Å². The molecule has 0 radical (unpaired) electrons. The van der Waals surface area contributed by atoms with Crippen molar-refractivity contribution in [3.05, 3.63) is 52.9 Å². The molecular formula is C19H25N3O3. The van der Waals surface area contributed by atoms with Gasteiger partial charge in [0.2, 0.25) is 5.76 Å². The van der Waals surface area contributed by atoms with Crippen LogP contribution in [0.25, 0.3) is 0 Å².